The van der Waals surface area contributed by atoms with Crippen molar-refractivity contribution in [1.82, 2.24) is 0 Å². The maximum Gasteiger partial charge on any atom is 0.460 e. The van der Waals surface area contributed by atoms with Crippen LogP contribution in [-0.2, 0) is 9.53 Å². The van der Waals surface area contributed by atoms with Gasteiger partial charge in [-0.1, -0.05) is 0 Å². The van der Waals surface area contributed by atoms with Gasteiger partial charge in [-0.3, -0.25) is 0 Å². The summed E-state index contributed by atoms with van der Waals surface area (Å²) in [4.78, 5) is 10.4. The van der Waals surface area contributed by atoms with Crippen molar-refractivity contribution in [3.63, 3.8) is 0 Å². The third kappa shape index (κ3) is 3.98. The van der Waals surface area contributed by atoms with Crippen LogP contribution in [0.4, 0.5) is 101 Å². The van der Waals surface area contributed by atoms with Crippen LogP contribution < -0.4 is 0 Å². The van der Waals surface area contributed by atoms with Crippen LogP contribution in [0.25, 0.3) is 0 Å². The highest BCUT2D eigenvalue weighted by atomic mass is 19.4. The van der Waals surface area contributed by atoms with Gasteiger partial charge in [-0.05, 0) is 0 Å². The topological polar surface area (TPSA) is 26.3 Å². The first-order valence-electron chi connectivity index (χ1n) is 7.91. The Hall–Kier alpha value is -2.14. The van der Waals surface area contributed by atoms with E-state index < -0.39 is 78.5 Å². The van der Waals surface area contributed by atoms with E-state index in [1.807, 2.05) is 0 Å². The predicted molar refractivity (Wildman–Crippen MR) is 67.5 cm³/mol. The second-order valence-corrected chi connectivity index (χ2v) is 6.73. The number of alkyl halides is 23. The molecule has 0 atom stereocenters. The number of rotatable bonds is 10. The Morgan fingerprint density at radius 2 is 0.553 bits per heavy atom. The van der Waals surface area contributed by atoms with E-state index in [4.69, 9.17) is 0 Å². The molecule has 0 saturated carbocycles. The van der Waals surface area contributed by atoms with Gasteiger partial charge in [0.1, 0.15) is 0 Å². The van der Waals surface area contributed by atoms with E-state index in [0.29, 0.717) is 0 Å². The van der Waals surface area contributed by atoms with E-state index in [-0.39, 0.29) is 0 Å². The predicted octanol–water partition coefficient (Wildman–Crippen LogP) is 7.07. The van der Waals surface area contributed by atoms with Crippen molar-refractivity contribution in [3.05, 3.63) is 0 Å². The highest BCUT2D eigenvalue weighted by molar-refractivity contribution is 5.79. The van der Waals surface area contributed by atoms with E-state index in [1.165, 1.54) is 0 Å². The van der Waals surface area contributed by atoms with Crippen molar-refractivity contribution in [2.45, 2.75) is 65.4 Å². The Morgan fingerprint density at radius 3 is 0.737 bits per heavy atom. The summed E-state index contributed by atoms with van der Waals surface area (Å²) in [5.74, 6) is -93.3. The normalized spacial score (nSPS) is 16.5. The zero-order chi connectivity index (χ0) is 31.8. The number of hydrogen-bond acceptors (Lipinski definition) is 2. The van der Waals surface area contributed by atoms with Gasteiger partial charge in [-0.25, -0.2) is 4.79 Å². The first-order chi connectivity index (χ1) is 16.0. The second kappa shape index (κ2) is 8.68. The molecule has 38 heavy (non-hydrogen) atoms. The summed E-state index contributed by atoms with van der Waals surface area (Å²) in [6.07, 6.45) is -8.12. The SMILES string of the molecule is COC(=O)C(F)(F)C(F)(F)C(F)(F)C(F)(F)C(F)(F)C(F)(F)C(F)(F)C(F)(F)C(F)(F)C(F)(F)C(F)(F)F. The summed E-state index contributed by atoms with van der Waals surface area (Å²) < 4.78 is 303. The molecule has 0 unspecified atom stereocenters. The van der Waals surface area contributed by atoms with Crippen LogP contribution in [-0.4, -0.2) is 78.5 Å². The number of esters is 1. The van der Waals surface area contributed by atoms with Crippen LogP contribution in [0.5, 0.6) is 0 Å². The highest BCUT2D eigenvalue weighted by Crippen LogP contribution is 2.67. The van der Waals surface area contributed by atoms with Crippen molar-refractivity contribution in [2.75, 3.05) is 7.11 Å². The van der Waals surface area contributed by atoms with E-state index in [2.05, 4.69) is 4.74 Å². The third-order valence-electron chi connectivity index (χ3n) is 4.35. The fourth-order valence-electron chi connectivity index (χ4n) is 2.01. The molecule has 2 nitrogen and oxygen atoms in total. The summed E-state index contributed by atoms with van der Waals surface area (Å²) >= 11 is 0. The zero-order valence-corrected chi connectivity index (χ0v) is 16.5. The molecule has 0 aromatic rings. The molecule has 0 aromatic heterocycles. The lowest BCUT2D eigenvalue weighted by Crippen LogP contribution is -2.78. The van der Waals surface area contributed by atoms with E-state index >= 15 is 0 Å². The third-order valence-corrected chi connectivity index (χ3v) is 4.35. The van der Waals surface area contributed by atoms with Crippen LogP contribution >= 0.6 is 0 Å². The van der Waals surface area contributed by atoms with Gasteiger partial charge in [0, 0.05) is 0 Å². The summed E-state index contributed by atoms with van der Waals surface area (Å²) in [5.41, 5.74) is 0. The molecule has 228 valence electrons. The molecule has 0 spiro atoms. The molecule has 0 bridgehead atoms. The number of carbonyl (C=O) groups excluding carboxylic acids is 1. The summed E-state index contributed by atoms with van der Waals surface area (Å²) in [5, 5.41) is 0. The number of hydrogen-bond donors (Lipinski definition) is 0. The molecule has 0 radical (unpaired) electrons. The van der Waals surface area contributed by atoms with Gasteiger partial charge in [0.25, 0.3) is 0 Å². The average Bonchev–Trinajstić information content (AvgIpc) is 2.70. The van der Waals surface area contributed by atoms with Crippen molar-refractivity contribution in [2.24, 2.45) is 0 Å². The number of methoxy groups -OCH3 is 1. The smallest absolute Gasteiger partial charge is 0.460 e. The lowest BCUT2D eigenvalue weighted by molar-refractivity contribution is -0.477. The van der Waals surface area contributed by atoms with E-state index in [1.54, 1.807) is 0 Å². The van der Waals surface area contributed by atoms with Gasteiger partial charge >= 0.3 is 71.4 Å². The van der Waals surface area contributed by atoms with Crippen LogP contribution in [0.2, 0.25) is 0 Å². The minimum atomic E-state index is -9.47. The molecule has 0 aliphatic carbocycles. The van der Waals surface area contributed by atoms with Crippen molar-refractivity contribution < 1.29 is 111 Å². The molecular weight excluding hydrogens is 625 g/mol. The van der Waals surface area contributed by atoms with Crippen molar-refractivity contribution >= 4 is 5.97 Å². The Morgan fingerprint density at radius 1 is 0.368 bits per heavy atom. The van der Waals surface area contributed by atoms with Crippen LogP contribution in [0.3, 0.4) is 0 Å². The Balaban J connectivity index is 7.26. The molecule has 0 aliphatic rings. The van der Waals surface area contributed by atoms with E-state index in [9.17, 15) is 106 Å². The van der Waals surface area contributed by atoms with E-state index in [0.717, 1.165) is 0 Å². The molecule has 0 rings (SSSR count). The standard InChI is InChI=1S/C13H3F23O2/c1-38-2(37)3(14,15)4(16,17)5(18,19)6(20,21)7(22,23)8(24,25)9(26,27)10(28,29)11(30,31)12(32,33)13(34,35)36/h1H3. The largest absolute Gasteiger partial charge is 0.464 e. The maximum atomic E-state index is 13.5. The minimum absolute atomic E-state index is 0.398. The van der Waals surface area contributed by atoms with Gasteiger partial charge in [-0.15, -0.1) is 0 Å². The second-order valence-electron chi connectivity index (χ2n) is 6.73. The van der Waals surface area contributed by atoms with Crippen molar-refractivity contribution in [3.8, 4) is 0 Å². The number of carbonyl (C=O) groups is 1. The average molecular weight is 628 g/mol. The number of halogens is 23. The summed E-state index contributed by atoms with van der Waals surface area (Å²) in [6, 6.07) is 0. The first kappa shape index (κ1) is 35.9. The Kier molecular flexibility index (Phi) is 8.19. The van der Waals surface area contributed by atoms with Gasteiger partial charge in [-0.2, -0.15) is 101 Å². The Labute approximate surface area is 190 Å². The fraction of sp³-hybridized carbons (Fsp3) is 0.923. The van der Waals surface area contributed by atoms with Crippen LogP contribution in [0.1, 0.15) is 0 Å². The quantitative estimate of drug-likeness (QED) is 0.191. The van der Waals surface area contributed by atoms with Gasteiger partial charge in [0.2, 0.25) is 0 Å². The fourth-order valence-corrected chi connectivity index (χ4v) is 2.01. The zero-order valence-electron chi connectivity index (χ0n) is 16.5. The molecule has 0 heterocycles. The molecule has 0 N–H and O–H groups in total. The molecule has 25 heteroatoms. The van der Waals surface area contributed by atoms with Gasteiger partial charge in [0.05, 0.1) is 7.11 Å². The van der Waals surface area contributed by atoms with Gasteiger partial charge in [0.15, 0.2) is 0 Å². The highest BCUT2D eigenvalue weighted by Gasteiger charge is 2.99. The minimum Gasteiger partial charge on any atom is -0.464 e. The maximum absolute atomic E-state index is 13.5. The molecule has 0 amide bonds. The molecule has 0 aliphatic heterocycles. The molecular formula is C13H3F23O2. The summed E-state index contributed by atoms with van der Waals surface area (Å²) in [6.45, 7) is 0. The molecule has 0 aromatic carbocycles. The first-order valence-corrected chi connectivity index (χ1v) is 7.91. The van der Waals surface area contributed by atoms with Crippen LogP contribution in [0, 0.1) is 0 Å². The van der Waals surface area contributed by atoms with Gasteiger partial charge < -0.3 is 4.74 Å². The summed E-state index contributed by atoms with van der Waals surface area (Å²) in [7, 11) is -0.398. The lowest BCUT2D eigenvalue weighted by atomic mass is 9.85. The monoisotopic (exact) mass is 628 g/mol. The lowest BCUT2D eigenvalue weighted by Gasteiger charge is -2.44. The van der Waals surface area contributed by atoms with Crippen LogP contribution in [0.15, 0.2) is 0 Å². The molecule has 0 saturated heterocycles. The number of ether oxygens (including phenoxy) is 1. The molecule has 0 fully saturated rings. The Bertz CT molecular complexity index is 895. The van der Waals surface area contributed by atoms with Crippen molar-refractivity contribution in [1.29, 1.82) is 0 Å².